The van der Waals surface area contributed by atoms with Gasteiger partial charge in [-0.1, -0.05) is 65.8 Å². The minimum Gasteiger partial charge on any atom is -0.385 e. The van der Waals surface area contributed by atoms with E-state index in [1.54, 1.807) is 0 Å². The maximum Gasteiger partial charge on any atom is 0.0906 e. The van der Waals surface area contributed by atoms with E-state index in [1.807, 2.05) is 0 Å². The lowest BCUT2D eigenvalue weighted by molar-refractivity contribution is -0.0913. The van der Waals surface area contributed by atoms with Crippen molar-refractivity contribution in [2.75, 3.05) is 0 Å². The second kappa shape index (κ2) is 5.43. The second-order valence-electron chi connectivity index (χ2n) is 9.19. The summed E-state index contributed by atoms with van der Waals surface area (Å²) in [7, 11) is 0. The molecular formula is C20H32O. The molecule has 1 saturated carbocycles. The molecule has 0 radical (unpaired) electrons. The zero-order valence-corrected chi connectivity index (χ0v) is 14.7. The van der Waals surface area contributed by atoms with Gasteiger partial charge in [0.2, 0.25) is 0 Å². The first kappa shape index (κ1) is 16.5. The van der Waals surface area contributed by atoms with Crippen LogP contribution in [0.4, 0.5) is 0 Å². The van der Waals surface area contributed by atoms with Crippen LogP contribution in [0.15, 0.2) is 24.3 Å². The smallest absolute Gasteiger partial charge is 0.0906 e. The number of hydrogen-bond acceptors (Lipinski definition) is 1. The monoisotopic (exact) mass is 288 g/mol. The summed E-state index contributed by atoms with van der Waals surface area (Å²) in [5.41, 5.74) is 2.14. The minimum absolute atomic E-state index is 0.185. The molecule has 0 aliphatic heterocycles. The van der Waals surface area contributed by atoms with E-state index in [-0.39, 0.29) is 10.8 Å². The van der Waals surface area contributed by atoms with Crippen molar-refractivity contribution in [3.05, 3.63) is 35.4 Å². The summed E-state index contributed by atoms with van der Waals surface area (Å²) in [5.74, 6) is 0.647. The Hall–Kier alpha value is -0.820. The molecule has 0 atom stereocenters. The van der Waals surface area contributed by atoms with Crippen molar-refractivity contribution in [2.45, 2.75) is 72.8 Å². The molecule has 1 aliphatic rings. The fourth-order valence-corrected chi connectivity index (χ4v) is 4.73. The highest BCUT2D eigenvalue weighted by Gasteiger charge is 2.47. The minimum atomic E-state index is -0.682. The largest absolute Gasteiger partial charge is 0.385 e. The molecule has 1 aliphatic carbocycles. The van der Waals surface area contributed by atoms with Gasteiger partial charge in [-0.25, -0.2) is 0 Å². The van der Waals surface area contributed by atoms with E-state index in [1.165, 1.54) is 12.0 Å². The maximum atomic E-state index is 11.4. The van der Waals surface area contributed by atoms with Gasteiger partial charge in [-0.15, -0.1) is 0 Å². The predicted molar refractivity (Wildman–Crippen MR) is 90.3 cm³/mol. The standard InChI is InChI=1S/C20H32O/c1-15(2)10-16-8-7-9-17(11-16)20(21)13-18(3,4)12-19(5,6)14-20/h7-9,11,15,21H,10,12-14H2,1-6H3. The van der Waals surface area contributed by atoms with Gasteiger partial charge in [0.25, 0.3) is 0 Å². The van der Waals surface area contributed by atoms with Gasteiger partial charge in [-0.3, -0.25) is 0 Å². The highest BCUT2D eigenvalue weighted by Crippen LogP contribution is 2.53. The summed E-state index contributed by atoms with van der Waals surface area (Å²) in [6, 6.07) is 8.64. The van der Waals surface area contributed by atoms with Gasteiger partial charge in [-0.2, -0.15) is 0 Å². The van der Waals surface area contributed by atoms with Crippen molar-refractivity contribution in [1.82, 2.24) is 0 Å². The maximum absolute atomic E-state index is 11.4. The van der Waals surface area contributed by atoms with Gasteiger partial charge in [0.05, 0.1) is 5.60 Å². The van der Waals surface area contributed by atoms with Crippen molar-refractivity contribution in [1.29, 1.82) is 0 Å². The highest BCUT2D eigenvalue weighted by atomic mass is 16.3. The second-order valence-corrected chi connectivity index (χ2v) is 9.19. The molecule has 0 aromatic heterocycles. The number of aliphatic hydroxyl groups is 1. The van der Waals surface area contributed by atoms with Gasteiger partial charge in [-0.05, 0) is 53.6 Å². The van der Waals surface area contributed by atoms with E-state index >= 15 is 0 Å². The zero-order valence-electron chi connectivity index (χ0n) is 14.7. The third kappa shape index (κ3) is 4.10. The summed E-state index contributed by atoms with van der Waals surface area (Å²) >= 11 is 0. The Morgan fingerprint density at radius 2 is 1.57 bits per heavy atom. The quantitative estimate of drug-likeness (QED) is 0.799. The zero-order chi connectivity index (χ0) is 15.9. The van der Waals surface area contributed by atoms with E-state index in [2.05, 4.69) is 65.8 Å². The lowest BCUT2D eigenvalue weighted by Gasteiger charge is -2.50. The third-order valence-electron chi connectivity index (χ3n) is 4.61. The molecule has 1 N–H and O–H groups in total. The van der Waals surface area contributed by atoms with Gasteiger partial charge < -0.3 is 5.11 Å². The topological polar surface area (TPSA) is 20.2 Å². The Morgan fingerprint density at radius 3 is 2.10 bits per heavy atom. The van der Waals surface area contributed by atoms with Crippen molar-refractivity contribution in [2.24, 2.45) is 16.7 Å². The summed E-state index contributed by atoms with van der Waals surface area (Å²) in [4.78, 5) is 0. The average molecular weight is 288 g/mol. The van der Waals surface area contributed by atoms with Crippen LogP contribution in [0.25, 0.3) is 0 Å². The fraction of sp³-hybridized carbons (Fsp3) is 0.700. The molecule has 0 unspecified atom stereocenters. The van der Waals surface area contributed by atoms with Crippen molar-refractivity contribution in [3.63, 3.8) is 0 Å². The molecule has 0 spiro atoms. The SMILES string of the molecule is CC(C)Cc1cccc(C2(O)CC(C)(C)CC(C)(C)C2)c1. The fourth-order valence-electron chi connectivity index (χ4n) is 4.73. The molecule has 1 aromatic carbocycles. The van der Waals surface area contributed by atoms with Gasteiger partial charge >= 0.3 is 0 Å². The molecule has 1 aromatic rings. The summed E-state index contributed by atoms with van der Waals surface area (Å²) in [6.07, 6.45) is 3.97. The van der Waals surface area contributed by atoms with Crippen LogP contribution in [0.2, 0.25) is 0 Å². The van der Waals surface area contributed by atoms with E-state index in [0.717, 1.165) is 24.8 Å². The molecule has 0 saturated heterocycles. The van der Waals surface area contributed by atoms with Crippen molar-refractivity contribution >= 4 is 0 Å². The van der Waals surface area contributed by atoms with Crippen LogP contribution >= 0.6 is 0 Å². The molecular weight excluding hydrogens is 256 g/mol. The molecule has 2 rings (SSSR count). The van der Waals surface area contributed by atoms with Crippen molar-refractivity contribution < 1.29 is 5.11 Å². The average Bonchev–Trinajstić information content (AvgIpc) is 2.23. The van der Waals surface area contributed by atoms with E-state index < -0.39 is 5.60 Å². The molecule has 1 nitrogen and oxygen atoms in total. The predicted octanol–water partition coefficient (Wildman–Crippen LogP) is 5.31. The molecule has 21 heavy (non-hydrogen) atoms. The van der Waals surface area contributed by atoms with Crippen LogP contribution < -0.4 is 0 Å². The van der Waals surface area contributed by atoms with E-state index in [0.29, 0.717) is 5.92 Å². The molecule has 118 valence electrons. The lowest BCUT2D eigenvalue weighted by Crippen LogP contribution is -2.44. The molecule has 0 heterocycles. The summed E-state index contributed by atoms with van der Waals surface area (Å²) in [5, 5.41) is 11.4. The first-order chi connectivity index (χ1) is 9.51. The Bertz CT molecular complexity index is 480. The first-order valence-corrected chi connectivity index (χ1v) is 8.33. The summed E-state index contributed by atoms with van der Waals surface area (Å²) < 4.78 is 0. The molecule has 0 bridgehead atoms. The van der Waals surface area contributed by atoms with E-state index in [4.69, 9.17) is 0 Å². The van der Waals surface area contributed by atoms with Crippen LogP contribution in [0, 0.1) is 16.7 Å². The Balaban J connectivity index is 2.34. The van der Waals surface area contributed by atoms with Crippen LogP contribution in [-0.2, 0) is 12.0 Å². The molecule has 1 heteroatoms. The lowest BCUT2D eigenvalue weighted by atomic mass is 9.58. The Kier molecular flexibility index (Phi) is 4.28. The van der Waals surface area contributed by atoms with Crippen LogP contribution in [-0.4, -0.2) is 5.11 Å². The third-order valence-corrected chi connectivity index (χ3v) is 4.61. The normalized spacial score (nSPS) is 23.2. The first-order valence-electron chi connectivity index (χ1n) is 8.33. The van der Waals surface area contributed by atoms with Gasteiger partial charge in [0, 0.05) is 0 Å². The Morgan fingerprint density at radius 1 is 1.00 bits per heavy atom. The van der Waals surface area contributed by atoms with Crippen molar-refractivity contribution in [3.8, 4) is 0 Å². The van der Waals surface area contributed by atoms with Crippen LogP contribution in [0.1, 0.15) is 71.9 Å². The van der Waals surface area contributed by atoms with Gasteiger partial charge in [0.1, 0.15) is 0 Å². The van der Waals surface area contributed by atoms with Gasteiger partial charge in [0.15, 0.2) is 0 Å². The number of benzene rings is 1. The molecule has 1 fully saturated rings. The summed E-state index contributed by atoms with van der Waals surface area (Å²) in [6.45, 7) is 13.6. The molecule has 0 amide bonds. The van der Waals surface area contributed by atoms with Crippen LogP contribution in [0.3, 0.4) is 0 Å². The number of rotatable bonds is 3. The van der Waals surface area contributed by atoms with Crippen LogP contribution in [0.5, 0.6) is 0 Å². The Labute approximate surface area is 130 Å². The number of hydrogen-bond donors (Lipinski definition) is 1. The highest BCUT2D eigenvalue weighted by molar-refractivity contribution is 5.30. The van der Waals surface area contributed by atoms with E-state index in [9.17, 15) is 5.11 Å².